The summed E-state index contributed by atoms with van der Waals surface area (Å²) in [5, 5.41) is 16.3. The standard InChI is InChI=1S/C17H16N6OS/c1-12-19-20-17-23(12)21-15(25-17)8-9-18-16(24)13-4-6-14(7-5-13)22-10-2-3-11-22/h2-7,10-11H,8-9H2,1H3,(H,18,24). The number of rotatable bonds is 5. The Morgan fingerprint density at radius 3 is 2.64 bits per heavy atom. The van der Waals surface area contributed by atoms with Crippen molar-refractivity contribution in [1.82, 2.24) is 29.7 Å². The zero-order valence-electron chi connectivity index (χ0n) is 13.6. The third-order valence-electron chi connectivity index (χ3n) is 3.85. The SMILES string of the molecule is Cc1nnc2sc(CCNC(=O)c3ccc(-n4cccc4)cc3)nn12. The molecule has 3 aromatic heterocycles. The minimum Gasteiger partial charge on any atom is -0.352 e. The number of carbonyl (C=O) groups excluding carboxylic acids is 1. The summed E-state index contributed by atoms with van der Waals surface area (Å²) in [6, 6.07) is 11.5. The summed E-state index contributed by atoms with van der Waals surface area (Å²) in [7, 11) is 0. The molecule has 8 heteroatoms. The first kappa shape index (κ1) is 15.5. The van der Waals surface area contributed by atoms with E-state index in [1.807, 2.05) is 60.3 Å². The molecule has 0 saturated carbocycles. The highest BCUT2D eigenvalue weighted by Gasteiger charge is 2.10. The first-order valence-corrected chi connectivity index (χ1v) is 8.72. The quantitative estimate of drug-likeness (QED) is 0.598. The van der Waals surface area contributed by atoms with Crippen molar-refractivity contribution in [3.05, 3.63) is 65.2 Å². The molecule has 126 valence electrons. The molecule has 25 heavy (non-hydrogen) atoms. The molecule has 1 N–H and O–H groups in total. The molecule has 1 amide bonds. The molecule has 0 aliphatic carbocycles. The van der Waals surface area contributed by atoms with Gasteiger partial charge >= 0.3 is 0 Å². The number of benzene rings is 1. The van der Waals surface area contributed by atoms with Gasteiger partial charge in [0.25, 0.3) is 5.91 Å². The topological polar surface area (TPSA) is 77.1 Å². The van der Waals surface area contributed by atoms with E-state index in [9.17, 15) is 4.79 Å². The van der Waals surface area contributed by atoms with Gasteiger partial charge in [-0.15, -0.1) is 10.2 Å². The normalized spacial score (nSPS) is 11.1. The van der Waals surface area contributed by atoms with Crippen LogP contribution in [0.4, 0.5) is 0 Å². The minimum atomic E-state index is -0.0850. The lowest BCUT2D eigenvalue weighted by Crippen LogP contribution is -2.25. The Hall–Kier alpha value is -3.00. The Morgan fingerprint density at radius 1 is 1.16 bits per heavy atom. The van der Waals surface area contributed by atoms with Crippen LogP contribution in [0.1, 0.15) is 21.2 Å². The minimum absolute atomic E-state index is 0.0850. The lowest BCUT2D eigenvalue weighted by Gasteiger charge is -2.06. The highest BCUT2D eigenvalue weighted by atomic mass is 32.1. The Morgan fingerprint density at radius 2 is 1.92 bits per heavy atom. The summed E-state index contributed by atoms with van der Waals surface area (Å²) < 4.78 is 3.72. The number of carbonyl (C=O) groups is 1. The number of amides is 1. The number of nitrogens with zero attached hydrogens (tertiary/aromatic N) is 5. The second-order valence-electron chi connectivity index (χ2n) is 5.58. The predicted octanol–water partition coefficient (Wildman–Crippen LogP) is 2.26. The molecule has 3 heterocycles. The summed E-state index contributed by atoms with van der Waals surface area (Å²) >= 11 is 1.49. The largest absolute Gasteiger partial charge is 0.352 e. The Balaban J connectivity index is 1.35. The Labute approximate surface area is 147 Å². The van der Waals surface area contributed by atoms with E-state index in [0.717, 1.165) is 21.5 Å². The lowest BCUT2D eigenvalue weighted by atomic mass is 10.2. The number of hydrogen-bond acceptors (Lipinski definition) is 5. The highest BCUT2D eigenvalue weighted by molar-refractivity contribution is 7.16. The zero-order chi connectivity index (χ0) is 17.2. The van der Waals surface area contributed by atoms with Crippen LogP contribution < -0.4 is 5.32 Å². The van der Waals surface area contributed by atoms with E-state index in [-0.39, 0.29) is 5.91 Å². The van der Waals surface area contributed by atoms with Crippen LogP contribution in [0, 0.1) is 6.92 Å². The first-order chi connectivity index (χ1) is 12.2. The molecule has 0 bridgehead atoms. The van der Waals surface area contributed by atoms with Gasteiger partial charge in [-0.25, -0.2) is 0 Å². The monoisotopic (exact) mass is 352 g/mol. The molecular weight excluding hydrogens is 336 g/mol. The van der Waals surface area contributed by atoms with Crippen LogP contribution in [0.2, 0.25) is 0 Å². The van der Waals surface area contributed by atoms with E-state index in [1.165, 1.54) is 11.3 Å². The third-order valence-corrected chi connectivity index (χ3v) is 4.80. The fourth-order valence-corrected chi connectivity index (χ4v) is 3.41. The van der Waals surface area contributed by atoms with E-state index in [2.05, 4.69) is 20.6 Å². The number of aromatic nitrogens is 5. The molecule has 4 aromatic rings. The Bertz CT molecular complexity index is 1000. The average molecular weight is 352 g/mol. The first-order valence-electron chi connectivity index (χ1n) is 7.90. The van der Waals surface area contributed by atoms with E-state index in [0.29, 0.717) is 18.5 Å². The maximum absolute atomic E-state index is 12.2. The lowest BCUT2D eigenvalue weighted by molar-refractivity contribution is 0.0954. The average Bonchev–Trinajstić information content (AvgIpc) is 3.35. The van der Waals surface area contributed by atoms with E-state index in [4.69, 9.17) is 0 Å². The highest BCUT2D eigenvalue weighted by Crippen LogP contribution is 2.14. The number of fused-ring (bicyclic) bond motifs is 1. The van der Waals surface area contributed by atoms with Gasteiger partial charge in [-0.05, 0) is 43.3 Å². The van der Waals surface area contributed by atoms with Gasteiger partial charge < -0.3 is 9.88 Å². The van der Waals surface area contributed by atoms with Crippen LogP contribution >= 0.6 is 11.3 Å². The van der Waals surface area contributed by atoms with E-state index < -0.39 is 0 Å². The maximum atomic E-state index is 12.2. The molecular formula is C17H16N6OS. The Kier molecular flexibility index (Phi) is 4.02. The van der Waals surface area contributed by atoms with Gasteiger partial charge in [0.2, 0.25) is 4.96 Å². The van der Waals surface area contributed by atoms with Crippen LogP contribution in [-0.4, -0.2) is 36.8 Å². The molecule has 4 rings (SSSR count). The van der Waals surface area contributed by atoms with Crippen LogP contribution in [0.5, 0.6) is 0 Å². The van der Waals surface area contributed by atoms with Gasteiger partial charge in [0.1, 0.15) is 5.01 Å². The third kappa shape index (κ3) is 3.16. The van der Waals surface area contributed by atoms with Gasteiger partial charge in [-0.1, -0.05) is 11.3 Å². The molecule has 0 saturated heterocycles. The summed E-state index contributed by atoms with van der Waals surface area (Å²) in [5.41, 5.74) is 1.67. The van der Waals surface area contributed by atoms with Gasteiger partial charge in [-0.2, -0.15) is 9.61 Å². The molecule has 0 radical (unpaired) electrons. The van der Waals surface area contributed by atoms with Crippen LogP contribution in [0.25, 0.3) is 10.6 Å². The number of nitrogens with one attached hydrogen (secondary N) is 1. The molecule has 0 spiro atoms. The molecule has 0 atom stereocenters. The molecule has 0 fully saturated rings. The number of aryl methyl sites for hydroxylation is 1. The number of hydrogen-bond donors (Lipinski definition) is 1. The molecule has 0 aliphatic heterocycles. The van der Waals surface area contributed by atoms with E-state index in [1.54, 1.807) is 4.52 Å². The van der Waals surface area contributed by atoms with Gasteiger partial charge in [0.05, 0.1) is 0 Å². The molecule has 1 aromatic carbocycles. The van der Waals surface area contributed by atoms with Gasteiger partial charge in [-0.3, -0.25) is 4.79 Å². The van der Waals surface area contributed by atoms with Crippen molar-refractivity contribution in [3.63, 3.8) is 0 Å². The van der Waals surface area contributed by atoms with Crippen molar-refractivity contribution in [3.8, 4) is 5.69 Å². The summed E-state index contributed by atoms with van der Waals surface area (Å²) in [4.78, 5) is 13.0. The van der Waals surface area contributed by atoms with E-state index >= 15 is 0 Å². The summed E-state index contributed by atoms with van der Waals surface area (Å²) in [5.74, 6) is 0.683. The second-order valence-corrected chi connectivity index (χ2v) is 6.62. The fraction of sp³-hybridized carbons (Fsp3) is 0.176. The van der Waals surface area contributed by atoms with Crippen LogP contribution in [-0.2, 0) is 6.42 Å². The smallest absolute Gasteiger partial charge is 0.251 e. The van der Waals surface area contributed by atoms with Crippen molar-refractivity contribution in [2.45, 2.75) is 13.3 Å². The van der Waals surface area contributed by atoms with Crippen molar-refractivity contribution < 1.29 is 4.79 Å². The maximum Gasteiger partial charge on any atom is 0.251 e. The zero-order valence-corrected chi connectivity index (χ0v) is 14.4. The van der Waals surface area contributed by atoms with Crippen molar-refractivity contribution in [2.24, 2.45) is 0 Å². The summed E-state index contributed by atoms with van der Waals surface area (Å²) in [6.45, 7) is 2.39. The van der Waals surface area contributed by atoms with Crippen molar-refractivity contribution in [1.29, 1.82) is 0 Å². The van der Waals surface area contributed by atoms with Crippen molar-refractivity contribution in [2.75, 3.05) is 6.54 Å². The van der Waals surface area contributed by atoms with Gasteiger partial charge in [0.15, 0.2) is 5.82 Å². The van der Waals surface area contributed by atoms with Crippen LogP contribution in [0.15, 0.2) is 48.8 Å². The fourth-order valence-electron chi connectivity index (χ4n) is 2.53. The molecule has 0 unspecified atom stereocenters. The predicted molar refractivity (Wildman–Crippen MR) is 95.2 cm³/mol. The van der Waals surface area contributed by atoms with Crippen LogP contribution in [0.3, 0.4) is 0 Å². The van der Waals surface area contributed by atoms with Gasteiger partial charge in [0, 0.05) is 36.6 Å². The molecule has 0 aliphatic rings. The van der Waals surface area contributed by atoms with Crippen molar-refractivity contribution >= 4 is 22.2 Å². The summed E-state index contributed by atoms with van der Waals surface area (Å²) in [6.07, 6.45) is 4.61. The second kappa shape index (κ2) is 6.48. The molecule has 7 nitrogen and oxygen atoms in total.